The molecule has 8 nitrogen and oxygen atoms in total. The molecule has 4 N–H and O–H groups in total. The molecule has 0 fully saturated rings. The van der Waals surface area contributed by atoms with Gasteiger partial charge in [-0.1, -0.05) is 72.8 Å². The zero-order valence-electron chi connectivity index (χ0n) is 19.7. The summed E-state index contributed by atoms with van der Waals surface area (Å²) in [4.78, 5) is 63.0. The van der Waals surface area contributed by atoms with E-state index in [1.807, 2.05) is 0 Å². The van der Waals surface area contributed by atoms with Crippen LogP contribution in [0.4, 0.5) is 17.6 Å². The van der Waals surface area contributed by atoms with E-state index in [9.17, 15) is 36.3 Å². The van der Waals surface area contributed by atoms with Gasteiger partial charge in [0.2, 0.25) is 0 Å². The molecule has 1 aliphatic rings. The van der Waals surface area contributed by atoms with Crippen molar-refractivity contribution in [1.29, 1.82) is 0 Å². The lowest BCUT2D eigenvalue weighted by Crippen LogP contribution is -2.38. The highest BCUT2D eigenvalue weighted by molar-refractivity contribution is 7.52. The standard InChI is InChI=1S/C25H20F4O8P2/c26-24(27,38(32,33)34)17-9-5-15(6-10-17)13-23(21(30)19-3-1-2-4-20(19)22(23)31)14-16-7-11-18(12-8-16)25(28,29)39(35,36)37/h1-12H,13-14H2,(H2,32,33,34)(H2,35,36,37). The lowest BCUT2D eigenvalue weighted by atomic mass is 9.72. The average Bonchev–Trinajstić information content (AvgIpc) is 3.05. The van der Waals surface area contributed by atoms with Gasteiger partial charge in [-0.3, -0.25) is 18.7 Å². The van der Waals surface area contributed by atoms with Gasteiger partial charge < -0.3 is 19.6 Å². The first-order valence-electron chi connectivity index (χ1n) is 11.2. The molecule has 0 spiro atoms. The Morgan fingerprint density at radius 2 is 0.897 bits per heavy atom. The number of ketones is 2. The van der Waals surface area contributed by atoms with Crippen molar-refractivity contribution in [3.05, 3.63) is 106 Å². The molecule has 0 bridgehead atoms. The zero-order chi connectivity index (χ0) is 29.0. The molecule has 0 saturated carbocycles. The Hall–Kier alpha value is -2.98. The van der Waals surface area contributed by atoms with E-state index in [2.05, 4.69) is 0 Å². The molecule has 0 atom stereocenters. The van der Waals surface area contributed by atoms with E-state index >= 15 is 0 Å². The number of halogens is 4. The van der Waals surface area contributed by atoms with Crippen LogP contribution in [0.2, 0.25) is 0 Å². The predicted molar refractivity (Wildman–Crippen MR) is 130 cm³/mol. The van der Waals surface area contributed by atoms with Crippen LogP contribution in [0.15, 0.2) is 72.8 Å². The number of benzene rings is 3. The maximum atomic E-state index is 14.1. The highest BCUT2D eigenvalue weighted by Crippen LogP contribution is 2.60. The van der Waals surface area contributed by atoms with E-state index in [-0.39, 0.29) is 35.1 Å². The molecular formula is C25H20F4O8P2. The van der Waals surface area contributed by atoms with Gasteiger partial charge in [0.15, 0.2) is 11.6 Å². The second kappa shape index (κ2) is 9.59. The molecule has 0 saturated heterocycles. The van der Waals surface area contributed by atoms with Gasteiger partial charge in [-0.05, 0) is 24.0 Å². The highest BCUT2D eigenvalue weighted by atomic mass is 31.2. The average molecular weight is 586 g/mol. The van der Waals surface area contributed by atoms with Crippen LogP contribution in [0.3, 0.4) is 0 Å². The quantitative estimate of drug-likeness (QED) is 0.164. The van der Waals surface area contributed by atoms with E-state index in [4.69, 9.17) is 19.6 Å². The van der Waals surface area contributed by atoms with Gasteiger partial charge in [0.1, 0.15) is 5.41 Å². The molecule has 39 heavy (non-hydrogen) atoms. The second-order valence-electron chi connectivity index (χ2n) is 9.20. The number of fused-ring (bicyclic) bond motifs is 1. The van der Waals surface area contributed by atoms with Crippen molar-refractivity contribution in [3.63, 3.8) is 0 Å². The summed E-state index contributed by atoms with van der Waals surface area (Å²) in [7, 11) is -11.6. The number of carbonyl (C=O) groups excluding carboxylic acids is 2. The molecule has 0 radical (unpaired) electrons. The van der Waals surface area contributed by atoms with Gasteiger partial charge in [-0.25, -0.2) is 0 Å². The summed E-state index contributed by atoms with van der Waals surface area (Å²) in [6.45, 7) is 0. The third-order valence-corrected chi connectivity index (χ3v) is 8.61. The van der Waals surface area contributed by atoms with E-state index in [0.717, 1.165) is 48.5 Å². The van der Waals surface area contributed by atoms with E-state index in [1.165, 1.54) is 24.3 Å². The van der Waals surface area contributed by atoms with Crippen LogP contribution in [0.1, 0.15) is 43.0 Å². The Bertz CT molecular complexity index is 1430. The topological polar surface area (TPSA) is 149 Å². The number of hydrogen-bond donors (Lipinski definition) is 4. The normalized spacial score (nSPS) is 15.9. The summed E-state index contributed by atoms with van der Waals surface area (Å²) in [5.74, 6) is -1.20. The van der Waals surface area contributed by atoms with Crippen molar-refractivity contribution in [2.45, 2.75) is 24.2 Å². The predicted octanol–water partition coefficient (Wildman–Crippen LogP) is 4.99. The largest absolute Gasteiger partial charge is 0.399 e. The summed E-state index contributed by atoms with van der Waals surface area (Å²) in [5.41, 5.74) is -12.0. The summed E-state index contributed by atoms with van der Waals surface area (Å²) < 4.78 is 78.7. The molecule has 3 aromatic rings. The van der Waals surface area contributed by atoms with Gasteiger partial charge in [0.25, 0.3) is 0 Å². The molecule has 14 heteroatoms. The van der Waals surface area contributed by atoms with Crippen molar-refractivity contribution in [1.82, 2.24) is 0 Å². The lowest BCUT2D eigenvalue weighted by Gasteiger charge is -2.27. The Kier molecular flexibility index (Phi) is 7.13. The van der Waals surface area contributed by atoms with Crippen LogP contribution < -0.4 is 0 Å². The zero-order valence-corrected chi connectivity index (χ0v) is 21.5. The number of Topliss-reactive ketones (excluding diaryl/α,β-unsaturated/α-hetero) is 2. The van der Waals surface area contributed by atoms with Crippen LogP contribution in [0.25, 0.3) is 0 Å². The van der Waals surface area contributed by atoms with E-state index < -0.39 is 54.6 Å². The Balaban J connectivity index is 1.73. The Morgan fingerprint density at radius 1 is 0.590 bits per heavy atom. The van der Waals surface area contributed by atoms with Crippen LogP contribution >= 0.6 is 15.2 Å². The van der Waals surface area contributed by atoms with Crippen molar-refractivity contribution >= 4 is 26.8 Å². The summed E-state index contributed by atoms with van der Waals surface area (Å²) in [6, 6.07) is 13.5. The molecule has 3 aromatic carbocycles. The third-order valence-electron chi connectivity index (χ3n) is 6.63. The van der Waals surface area contributed by atoms with Crippen molar-refractivity contribution in [2.75, 3.05) is 0 Å². The molecular weight excluding hydrogens is 566 g/mol. The smallest absolute Gasteiger partial charge is 0.320 e. The van der Waals surface area contributed by atoms with Gasteiger partial charge in [0.05, 0.1) is 0 Å². The SMILES string of the molecule is O=C1c2ccccc2C(=O)C1(Cc1ccc(C(F)(F)P(=O)(O)O)cc1)Cc1ccc(C(F)(F)P(=O)(O)O)cc1. The first kappa shape index (κ1) is 29.0. The van der Waals surface area contributed by atoms with Crippen molar-refractivity contribution < 1.29 is 55.9 Å². The van der Waals surface area contributed by atoms with Gasteiger partial charge in [0, 0.05) is 22.3 Å². The van der Waals surface area contributed by atoms with Gasteiger partial charge in [-0.2, -0.15) is 17.6 Å². The molecule has 0 amide bonds. The van der Waals surface area contributed by atoms with Crippen LogP contribution in [0, 0.1) is 5.41 Å². The maximum absolute atomic E-state index is 14.1. The molecule has 0 heterocycles. The number of rotatable bonds is 8. The van der Waals surface area contributed by atoms with Gasteiger partial charge in [-0.15, -0.1) is 0 Å². The number of hydrogen-bond acceptors (Lipinski definition) is 4. The molecule has 206 valence electrons. The summed E-state index contributed by atoms with van der Waals surface area (Å²) >= 11 is 0. The molecule has 0 aromatic heterocycles. The Morgan fingerprint density at radius 3 is 1.18 bits per heavy atom. The lowest BCUT2D eigenvalue weighted by molar-refractivity contribution is 0.0563. The molecule has 4 rings (SSSR count). The molecule has 0 aliphatic heterocycles. The second-order valence-corrected chi connectivity index (χ2v) is 12.5. The fourth-order valence-corrected chi connectivity index (χ4v) is 5.53. The minimum absolute atomic E-state index is 0.108. The Labute approximate surface area is 218 Å². The van der Waals surface area contributed by atoms with Crippen LogP contribution in [-0.2, 0) is 33.3 Å². The number of alkyl halides is 4. The fraction of sp³-hybridized carbons (Fsp3) is 0.200. The van der Waals surface area contributed by atoms with E-state index in [1.54, 1.807) is 0 Å². The minimum atomic E-state index is -5.82. The first-order chi connectivity index (χ1) is 17.9. The summed E-state index contributed by atoms with van der Waals surface area (Å²) in [5, 5.41) is 0. The van der Waals surface area contributed by atoms with Crippen molar-refractivity contribution in [2.24, 2.45) is 5.41 Å². The maximum Gasteiger partial charge on any atom is 0.399 e. The minimum Gasteiger partial charge on any atom is -0.320 e. The van der Waals surface area contributed by atoms with Crippen molar-refractivity contribution in [3.8, 4) is 0 Å². The third kappa shape index (κ3) is 4.93. The molecule has 0 unspecified atom stereocenters. The number of carbonyl (C=O) groups is 2. The summed E-state index contributed by atoms with van der Waals surface area (Å²) in [6.07, 6.45) is -0.636. The van der Waals surface area contributed by atoms with Gasteiger partial charge >= 0.3 is 26.5 Å². The van der Waals surface area contributed by atoms with Crippen LogP contribution in [-0.4, -0.2) is 31.1 Å². The fourth-order valence-electron chi connectivity index (χ4n) is 4.56. The highest BCUT2D eigenvalue weighted by Gasteiger charge is 2.54. The van der Waals surface area contributed by atoms with E-state index in [0.29, 0.717) is 0 Å². The van der Waals surface area contributed by atoms with Crippen LogP contribution in [0.5, 0.6) is 0 Å². The first-order valence-corrected chi connectivity index (χ1v) is 14.4. The monoisotopic (exact) mass is 586 g/mol. The molecule has 1 aliphatic carbocycles.